The molecule has 0 unspecified atom stereocenters. The molecule has 16 heavy (non-hydrogen) atoms. The zero-order valence-corrected chi connectivity index (χ0v) is 8.68. The first-order valence-corrected chi connectivity index (χ1v) is 5.18. The van der Waals surface area contributed by atoms with Gasteiger partial charge >= 0.3 is 6.36 Å². The highest BCUT2D eigenvalue weighted by Crippen LogP contribution is 2.27. The van der Waals surface area contributed by atoms with Crippen molar-refractivity contribution in [1.82, 2.24) is 4.98 Å². The van der Waals surface area contributed by atoms with Crippen LogP contribution in [0.15, 0.2) is 35.8 Å². The van der Waals surface area contributed by atoms with E-state index in [9.17, 15) is 13.2 Å². The Balaban J connectivity index is 2.17. The highest BCUT2D eigenvalue weighted by atomic mass is 32.1. The highest BCUT2D eigenvalue weighted by molar-refractivity contribution is 7.13. The third-order valence-electron chi connectivity index (χ3n) is 1.77. The fourth-order valence-corrected chi connectivity index (χ4v) is 1.81. The Labute approximate surface area is 93.3 Å². The van der Waals surface area contributed by atoms with Crippen molar-refractivity contribution in [3.8, 4) is 16.3 Å². The summed E-state index contributed by atoms with van der Waals surface area (Å²) in [5.74, 6) is -0.229. The summed E-state index contributed by atoms with van der Waals surface area (Å²) in [4.78, 5) is 4.05. The molecule has 0 N–H and O–H groups in total. The molecular weight excluding hydrogens is 239 g/mol. The second-order valence-electron chi connectivity index (χ2n) is 2.91. The molecule has 1 aromatic carbocycles. The molecule has 0 aliphatic carbocycles. The van der Waals surface area contributed by atoms with Crippen molar-refractivity contribution in [3.63, 3.8) is 0 Å². The first-order valence-electron chi connectivity index (χ1n) is 4.30. The number of benzene rings is 1. The molecular formula is C10H6F3NOS. The molecule has 2 rings (SSSR count). The molecule has 2 aromatic rings. The maximum atomic E-state index is 11.9. The van der Waals surface area contributed by atoms with Crippen LogP contribution in [0.1, 0.15) is 0 Å². The molecule has 0 radical (unpaired) electrons. The average molecular weight is 245 g/mol. The molecule has 6 heteroatoms. The molecule has 0 amide bonds. The van der Waals surface area contributed by atoms with Crippen molar-refractivity contribution in [1.29, 1.82) is 0 Å². The smallest absolute Gasteiger partial charge is 0.406 e. The van der Waals surface area contributed by atoms with E-state index in [1.54, 1.807) is 23.7 Å². The van der Waals surface area contributed by atoms with E-state index in [2.05, 4.69) is 9.72 Å². The van der Waals surface area contributed by atoms with Gasteiger partial charge in [0.05, 0.1) is 0 Å². The lowest BCUT2D eigenvalue weighted by atomic mass is 10.2. The van der Waals surface area contributed by atoms with E-state index in [0.29, 0.717) is 0 Å². The highest BCUT2D eigenvalue weighted by Gasteiger charge is 2.30. The van der Waals surface area contributed by atoms with E-state index in [-0.39, 0.29) is 5.75 Å². The molecule has 0 atom stereocenters. The molecule has 0 saturated heterocycles. The lowest BCUT2D eigenvalue weighted by Crippen LogP contribution is -2.16. The monoisotopic (exact) mass is 245 g/mol. The zero-order valence-electron chi connectivity index (χ0n) is 7.86. The van der Waals surface area contributed by atoms with Crippen LogP contribution in [0.3, 0.4) is 0 Å². The second-order valence-corrected chi connectivity index (χ2v) is 3.80. The van der Waals surface area contributed by atoms with Crippen LogP contribution >= 0.6 is 11.3 Å². The van der Waals surface area contributed by atoms with Crippen molar-refractivity contribution in [2.45, 2.75) is 6.36 Å². The third kappa shape index (κ3) is 2.73. The van der Waals surface area contributed by atoms with Gasteiger partial charge in [-0.1, -0.05) is 0 Å². The number of hydrogen-bond acceptors (Lipinski definition) is 3. The molecule has 0 aliphatic heterocycles. The van der Waals surface area contributed by atoms with Gasteiger partial charge in [-0.3, -0.25) is 0 Å². The Morgan fingerprint density at radius 2 is 1.81 bits per heavy atom. The molecule has 2 nitrogen and oxygen atoms in total. The summed E-state index contributed by atoms with van der Waals surface area (Å²) in [7, 11) is 0. The van der Waals surface area contributed by atoms with Crippen molar-refractivity contribution >= 4 is 11.3 Å². The molecule has 1 aromatic heterocycles. The number of aromatic nitrogens is 1. The van der Waals surface area contributed by atoms with E-state index in [1.807, 2.05) is 0 Å². The first-order chi connectivity index (χ1) is 7.54. The Bertz CT molecular complexity index is 450. The van der Waals surface area contributed by atoms with Gasteiger partial charge in [0.15, 0.2) is 0 Å². The van der Waals surface area contributed by atoms with Crippen molar-refractivity contribution in [3.05, 3.63) is 35.8 Å². The Hall–Kier alpha value is -1.56. The summed E-state index contributed by atoms with van der Waals surface area (Å²) in [5.41, 5.74) is 0.768. The predicted octanol–water partition coefficient (Wildman–Crippen LogP) is 3.71. The topological polar surface area (TPSA) is 22.1 Å². The van der Waals surface area contributed by atoms with E-state index in [1.165, 1.54) is 23.5 Å². The van der Waals surface area contributed by atoms with Crippen molar-refractivity contribution in [2.75, 3.05) is 0 Å². The van der Waals surface area contributed by atoms with Crippen LogP contribution in [0, 0.1) is 0 Å². The van der Waals surface area contributed by atoms with Gasteiger partial charge in [0.2, 0.25) is 0 Å². The molecule has 0 bridgehead atoms. The quantitative estimate of drug-likeness (QED) is 0.804. The predicted molar refractivity (Wildman–Crippen MR) is 54.2 cm³/mol. The van der Waals surface area contributed by atoms with Crippen LogP contribution in [0.4, 0.5) is 13.2 Å². The lowest BCUT2D eigenvalue weighted by molar-refractivity contribution is -0.274. The summed E-state index contributed by atoms with van der Waals surface area (Å²) in [6, 6.07) is 5.62. The number of hydrogen-bond donors (Lipinski definition) is 0. The van der Waals surface area contributed by atoms with Gasteiger partial charge in [0.25, 0.3) is 0 Å². The average Bonchev–Trinajstić information content (AvgIpc) is 2.69. The minimum atomic E-state index is -4.65. The lowest BCUT2D eigenvalue weighted by Gasteiger charge is -2.08. The van der Waals surface area contributed by atoms with Gasteiger partial charge in [0.1, 0.15) is 10.8 Å². The third-order valence-corrected chi connectivity index (χ3v) is 2.59. The van der Waals surface area contributed by atoms with Gasteiger partial charge in [0, 0.05) is 17.1 Å². The number of thiazole rings is 1. The van der Waals surface area contributed by atoms with Gasteiger partial charge in [-0.2, -0.15) is 0 Å². The summed E-state index contributed by atoms with van der Waals surface area (Å²) < 4.78 is 39.4. The summed E-state index contributed by atoms with van der Waals surface area (Å²) >= 11 is 1.42. The van der Waals surface area contributed by atoms with Crippen LogP contribution in [-0.4, -0.2) is 11.3 Å². The summed E-state index contributed by atoms with van der Waals surface area (Å²) in [6.45, 7) is 0. The van der Waals surface area contributed by atoms with Crippen LogP contribution in [0.5, 0.6) is 5.75 Å². The second kappa shape index (κ2) is 4.13. The maximum Gasteiger partial charge on any atom is 0.573 e. The fraction of sp³-hybridized carbons (Fsp3) is 0.100. The molecule has 0 aliphatic rings. The SMILES string of the molecule is FC(F)(F)Oc1ccc(-c2nccs2)cc1. The number of alkyl halides is 3. The van der Waals surface area contributed by atoms with Crippen molar-refractivity contribution in [2.24, 2.45) is 0 Å². The van der Waals surface area contributed by atoms with Gasteiger partial charge < -0.3 is 4.74 Å². The molecule has 0 spiro atoms. The Kier molecular flexibility index (Phi) is 2.82. The normalized spacial score (nSPS) is 11.4. The van der Waals surface area contributed by atoms with Gasteiger partial charge in [-0.15, -0.1) is 24.5 Å². The Morgan fingerprint density at radius 3 is 2.31 bits per heavy atom. The largest absolute Gasteiger partial charge is 0.573 e. The number of ether oxygens (including phenoxy) is 1. The standard InChI is InChI=1S/C10H6F3NOS/c11-10(12,13)15-8-3-1-7(2-4-8)9-14-5-6-16-9/h1-6H. The van der Waals surface area contributed by atoms with Crippen LogP contribution in [0.25, 0.3) is 10.6 Å². The zero-order chi connectivity index (χ0) is 11.6. The number of rotatable bonds is 2. The maximum absolute atomic E-state index is 11.9. The van der Waals surface area contributed by atoms with Crippen molar-refractivity contribution < 1.29 is 17.9 Å². The fourth-order valence-electron chi connectivity index (χ4n) is 1.17. The Morgan fingerprint density at radius 1 is 1.12 bits per heavy atom. The van der Waals surface area contributed by atoms with Crippen LogP contribution in [0.2, 0.25) is 0 Å². The van der Waals surface area contributed by atoms with Crippen LogP contribution < -0.4 is 4.74 Å². The van der Waals surface area contributed by atoms with Gasteiger partial charge in [-0.25, -0.2) is 4.98 Å². The van der Waals surface area contributed by atoms with Crippen LogP contribution in [-0.2, 0) is 0 Å². The minimum Gasteiger partial charge on any atom is -0.406 e. The number of nitrogens with zero attached hydrogens (tertiary/aromatic N) is 1. The van der Waals surface area contributed by atoms with Gasteiger partial charge in [-0.05, 0) is 24.3 Å². The minimum absolute atomic E-state index is 0.229. The molecule has 84 valence electrons. The summed E-state index contributed by atoms with van der Waals surface area (Å²) in [5, 5.41) is 2.56. The summed E-state index contributed by atoms with van der Waals surface area (Å²) in [6.07, 6.45) is -3.01. The van der Waals surface area contributed by atoms with E-state index in [4.69, 9.17) is 0 Å². The molecule has 1 heterocycles. The van der Waals surface area contributed by atoms with E-state index in [0.717, 1.165) is 10.6 Å². The van der Waals surface area contributed by atoms with E-state index < -0.39 is 6.36 Å². The van der Waals surface area contributed by atoms with E-state index >= 15 is 0 Å². The molecule has 0 saturated carbocycles. The number of halogens is 3. The molecule has 0 fully saturated rings. The first kappa shape index (κ1) is 10.9.